The Morgan fingerprint density at radius 3 is 2.59 bits per heavy atom. The molecule has 17 heavy (non-hydrogen) atoms. The van der Waals surface area contributed by atoms with Crippen molar-refractivity contribution in [3.05, 3.63) is 30.5 Å². The lowest BCUT2D eigenvalue weighted by Gasteiger charge is -2.09. The molecule has 4 nitrogen and oxygen atoms in total. The Hall–Kier alpha value is -2.11. The standard InChI is InChI=1S/C11H11F2N3O/c1-16-10(14)8(6-15-16)7-4-2-3-5-9(7)17-11(12)13/h2-6,11H,14H2,1H3. The number of alkyl halides is 2. The average molecular weight is 239 g/mol. The molecule has 2 N–H and O–H groups in total. The number of nitrogen functional groups attached to an aromatic ring is 1. The molecule has 0 saturated heterocycles. The van der Waals surface area contributed by atoms with E-state index in [1.165, 1.54) is 16.9 Å². The maximum atomic E-state index is 12.2. The van der Waals surface area contributed by atoms with Crippen LogP contribution < -0.4 is 10.5 Å². The first-order valence-corrected chi connectivity index (χ1v) is 4.91. The summed E-state index contributed by atoms with van der Waals surface area (Å²) in [6.45, 7) is -2.87. The van der Waals surface area contributed by atoms with Crippen LogP contribution in [0.3, 0.4) is 0 Å². The van der Waals surface area contributed by atoms with Gasteiger partial charge >= 0.3 is 6.61 Å². The number of anilines is 1. The van der Waals surface area contributed by atoms with Crippen LogP contribution in [0.4, 0.5) is 14.6 Å². The molecule has 0 atom stereocenters. The molecule has 1 aromatic heterocycles. The summed E-state index contributed by atoms with van der Waals surface area (Å²) in [5.41, 5.74) is 6.86. The monoisotopic (exact) mass is 239 g/mol. The van der Waals surface area contributed by atoms with E-state index in [2.05, 4.69) is 9.84 Å². The minimum atomic E-state index is -2.87. The van der Waals surface area contributed by atoms with E-state index >= 15 is 0 Å². The Kier molecular flexibility index (Phi) is 2.95. The molecule has 1 aromatic carbocycles. The quantitative estimate of drug-likeness (QED) is 0.893. The summed E-state index contributed by atoms with van der Waals surface area (Å²) in [6, 6.07) is 6.47. The van der Waals surface area contributed by atoms with Crippen molar-refractivity contribution in [2.24, 2.45) is 7.05 Å². The number of ether oxygens (including phenoxy) is 1. The maximum Gasteiger partial charge on any atom is 0.387 e. The van der Waals surface area contributed by atoms with Gasteiger partial charge in [0.05, 0.1) is 6.20 Å². The number of nitrogens with two attached hydrogens (primary N) is 1. The van der Waals surface area contributed by atoms with Gasteiger partial charge in [0.15, 0.2) is 0 Å². The number of rotatable bonds is 3. The van der Waals surface area contributed by atoms with Gasteiger partial charge in [-0.25, -0.2) is 0 Å². The number of nitrogens with zero attached hydrogens (tertiary/aromatic N) is 2. The molecule has 2 aromatic rings. The Balaban J connectivity index is 2.48. The highest BCUT2D eigenvalue weighted by Gasteiger charge is 2.14. The second kappa shape index (κ2) is 4.40. The highest BCUT2D eigenvalue weighted by molar-refractivity contribution is 5.78. The topological polar surface area (TPSA) is 53.1 Å². The van der Waals surface area contributed by atoms with Crippen molar-refractivity contribution in [1.29, 1.82) is 0 Å². The van der Waals surface area contributed by atoms with E-state index in [4.69, 9.17) is 5.73 Å². The molecule has 0 radical (unpaired) electrons. The zero-order chi connectivity index (χ0) is 12.4. The zero-order valence-corrected chi connectivity index (χ0v) is 9.10. The Labute approximate surface area is 96.6 Å². The van der Waals surface area contributed by atoms with Gasteiger partial charge in [-0.2, -0.15) is 13.9 Å². The van der Waals surface area contributed by atoms with Crippen LogP contribution in [0.5, 0.6) is 5.75 Å². The van der Waals surface area contributed by atoms with E-state index in [0.29, 0.717) is 16.9 Å². The number of aromatic nitrogens is 2. The van der Waals surface area contributed by atoms with Crippen LogP contribution >= 0.6 is 0 Å². The molecule has 0 aliphatic heterocycles. The first-order chi connectivity index (χ1) is 8.09. The van der Waals surface area contributed by atoms with Gasteiger partial charge < -0.3 is 10.5 Å². The molecule has 1 heterocycles. The fourth-order valence-electron chi connectivity index (χ4n) is 1.54. The minimum absolute atomic E-state index is 0.0854. The van der Waals surface area contributed by atoms with Gasteiger partial charge in [-0.3, -0.25) is 4.68 Å². The lowest BCUT2D eigenvalue weighted by molar-refractivity contribution is -0.0494. The summed E-state index contributed by atoms with van der Waals surface area (Å²) in [5, 5.41) is 3.96. The molecule has 0 unspecified atom stereocenters. The molecule has 0 fully saturated rings. The van der Waals surface area contributed by atoms with Crippen LogP contribution in [0.25, 0.3) is 11.1 Å². The third-order valence-corrected chi connectivity index (χ3v) is 2.38. The Bertz CT molecular complexity index is 525. The van der Waals surface area contributed by atoms with E-state index in [-0.39, 0.29) is 5.75 Å². The Morgan fingerprint density at radius 2 is 2.00 bits per heavy atom. The van der Waals surface area contributed by atoms with Crippen LogP contribution in [-0.4, -0.2) is 16.4 Å². The van der Waals surface area contributed by atoms with Crippen molar-refractivity contribution >= 4 is 5.82 Å². The molecule has 2 rings (SSSR count). The molecule has 0 saturated carbocycles. The van der Waals surface area contributed by atoms with Crippen LogP contribution in [0.1, 0.15) is 0 Å². The van der Waals surface area contributed by atoms with Crippen LogP contribution in [0, 0.1) is 0 Å². The summed E-state index contributed by atoms with van der Waals surface area (Å²) in [4.78, 5) is 0. The fraction of sp³-hybridized carbons (Fsp3) is 0.182. The lowest BCUT2D eigenvalue weighted by Crippen LogP contribution is -2.03. The predicted molar refractivity (Wildman–Crippen MR) is 59.7 cm³/mol. The van der Waals surface area contributed by atoms with Gasteiger partial charge in [0.2, 0.25) is 0 Å². The van der Waals surface area contributed by atoms with Crippen LogP contribution in [0.2, 0.25) is 0 Å². The molecule has 0 bridgehead atoms. The third kappa shape index (κ3) is 2.20. The number of hydrogen-bond donors (Lipinski definition) is 1. The van der Waals surface area contributed by atoms with Crippen molar-refractivity contribution in [2.75, 3.05) is 5.73 Å². The van der Waals surface area contributed by atoms with E-state index < -0.39 is 6.61 Å². The summed E-state index contributed by atoms with van der Waals surface area (Å²) in [5.74, 6) is 0.484. The van der Waals surface area contributed by atoms with Crippen molar-refractivity contribution in [3.8, 4) is 16.9 Å². The SMILES string of the molecule is Cn1ncc(-c2ccccc2OC(F)F)c1N. The molecule has 0 amide bonds. The van der Waals surface area contributed by atoms with Gasteiger partial charge in [-0.05, 0) is 6.07 Å². The molecule has 90 valence electrons. The van der Waals surface area contributed by atoms with Crippen LogP contribution in [0.15, 0.2) is 30.5 Å². The normalized spacial score (nSPS) is 10.8. The number of hydrogen-bond acceptors (Lipinski definition) is 3. The molecular weight excluding hydrogens is 228 g/mol. The van der Waals surface area contributed by atoms with Gasteiger partial charge in [-0.15, -0.1) is 0 Å². The van der Waals surface area contributed by atoms with Crippen molar-refractivity contribution in [3.63, 3.8) is 0 Å². The van der Waals surface area contributed by atoms with E-state index in [1.807, 2.05) is 0 Å². The second-order valence-corrected chi connectivity index (χ2v) is 3.44. The number of aryl methyl sites for hydroxylation is 1. The van der Waals surface area contributed by atoms with E-state index in [1.54, 1.807) is 25.2 Å². The van der Waals surface area contributed by atoms with E-state index in [9.17, 15) is 8.78 Å². The van der Waals surface area contributed by atoms with Gasteiger partial charge in [0, 0.05) is 18.2 Å². The molecule has 0 aliphatic rings. The number of benzene rings is 1. The second-order valence-electron chi connectivity index (χ2n) is 3.44. The van der Waals surface area contributed by atoms with Gasteiger partial charge in [0.1, 0.15) is 11.6 Å². The summed E-state index contributed by atoms with van der Waals surface area (Å²) < 4.78 is 30.4. The molecule has 6 heteroatoms. The van der Waals surface area contributed by atoms with Gasteiger partial charge in [0.25, 0.3) is 0 Å². The minimum Gasteiger partial charge on any atom is -0.434 e. The Morgan fingerprint density at radius 1 is 1.29 bits per heavy atom. The predicted octanol–water partition coefficient (Wildman–Crippen LogP) is 2.27. The smallest absolute Gasteiger partial charge is 0.387 e. The van der Waals surface area contributed by atoms with Gasteiger partial charge in [-0.1, -0.05) is 18.2 Å². The largest absolute Gasteiger partial charge is 0.434 e. The molecular formula is C11H11F2N3O. The summed E-state index contributed by atoms with van der Waals surface area (Å²) in [7, 11) is 1.68. The zero-order valence-electron chi connectivity index (χ0n) is 9.10. The fourth-order valence-corrected chi connectivity index (χ4v) is 1.54. The molecule has 0 aliphatic carbocycles. The van der Waals surface area contributed by atoms with Crippen LogP contribution in [-0.2, 0) is 7.05 Å². The summed E-state index contributed by atoms with van der Waals surface area (Å²) in [6.07, 6.45) is 1.52. The number of para-hydroxylation sites is 1. The molecule has 0 spiro atoms. The first-order valence-electron chi connectivity index (χ1n) is 4.91. The highest BCUT2D eigenvalue weighted by Crippen LogP contribution is 2.33. The maximum absolute atomic E-state index is 12.2. The van der Waals surface area contributed by atoms with Crippen molar-refractivity contribution < 1.29 is 13.5 Å². The van der Waals surface area contributed by atoms with Crippen molar-refractivity contribution in [1.82, 2.24) is 9.78 Å². The first kappa shape index (κ1) is 11.4. The average Bonchev–Trinajstić information content (AvgIpc) is 2.60. The van der Waals surface area contributed by atoms with Crippen molar-refractivity contribution in [2.45, 2.75) is 6.61 Å². The highest BCUT2D eigenvalue weighted by atomic mass is 19.3. The lowest BCUT2D eigenvalue weighted by atomic mass is 10.1. The van der Waals surface area contributed by atoms with E-state index in [0.717, 1.165) is 0 Å². The third-order valence-electron chi connectivity index (χ3n) is 2.38. The summed E-state index contributed by atoms with van der Waals surface area (Å²) >= 11 is 0. The number of halogens is 2.